The van der Waals surface area contributed by atoms with Gasteiger partial charge in [-0.3, -0.25) is 0 Å². The maximum Gasteiger partial charge on any atom is 0.134 e. The maximum atomic E-state index is 6.04. The van der Waals surface area contributed by atoms with Gasteiger partial charge in [0.25, 0.3) is 0 Å². The number of fused-ring (bicyclic) bond motifs is 1. The molecule has 2 aromatic rings. The highest BCUT2D eigenvalue weighted by atomic mass is 16.3. The van der Waals surface area contributed by atoms with Crippen molar-refractivity contribution >= 4 is 11.0 Å². The van der Waals surface area contributed by atoms with Crippen LogP contribution in [0.5, 0.6) is 0 Å². The average molecular weight is 257 g/mol. The average Bonchev–Trinajstić information content (AvgIpc) is 3.01. The Bertz CT molecular complexity index is 557. The van der Waals surface area contributed by atoms with Gasteiger partial charge in [0.05, 0.1) is 0 Å². The second-order valence-electron chi connectivity index (χ2n) is 5.80. The minimum Gasteiger partial charge on any atom is -0.461 e. The van der Waals surface area contributed by atoms with Crippen molar-refractivity contribution in [3.8, 4) is 0 Å². The molecule has 2 unspecified atom stereocenters. The van der Waals surface area contributed by atoms with Gasteiger partial charge >= 0.3 is 0 Å². The number of hydrogen-bond donors (Lipinski definition) is 1. The van der Waals surface area contributed by atoms with Gasteiger partial charge in [-0.2, -0.15) is 0 Å². The summed E-state index contributed by atoms with van der Waals surface area (Å²) in [6, 6.07) is 9.13. The van der Waals surface area contributed by atoms with E-state index >= 15 is 0 Å². The second-order valence-corrected chi connectivity index (χ2v) is 5.80. The van der Waals surface area contributed by atoms with E-state index in [2.05, 4.69) is 43.4 Å². The third kappa shape index (κ3) is 2.69. The summed E-state index contributed by atoms with van der Waals surface area (Å²) in [7, 11) is 0. The molecule has 1 aliphatic rings. The number of para-hydroxylation sites is 1. The van der Waals surface area contributed by atoms with E-state index in [9.17, 15) is 0 Å². The molecule has 1 fully saturated rings. The maximum absolute atomic E-state index is 6.04. The van der Waals surface area contributed by atoms with Gasteiger partial charge < -0.3 is 9.73 Å². The van der Waals surface area contributed by atoms with Gasteiger partial charge in [0.2, 0.25) is 0 Å². The lowest BCUT2D eigenvalue weighted by molar-refractivity contribution is 0.523. The first-order chi connectivity index (χ1) is 9.29. The van der Waals surface area contributed by atoms with Crippen LogP contribution in [0.4, 0.5) is 0 Å². The molecule has 1 aliphatic carbocycles. The molecular formula is C17H23NO. The summed E-state index contributed by atoms with van der Waals surface area (Å²) in [6.45, 7) is 5.49. The van der Waals surface area contributed by atoms with Crippen molar-refractivity contribution in [1.29, 1.82) is 0 Å². The van der Waals surface area contributed by atoms with Crippen LogP contribution in [0, 0.1) is 5.92 Å². The van der Waals surface area contributed by atoms with Gasteiger partial charge in [0, 0.05) is 30.0 Å². The van der Waals surface area contributed by atoms with E-state index in [1.165, 1.54) is 36.0 Å². The number of nitrogens with one attached hydrogen (secondary N) is 1. The molecule has 19 heavy (non-hydrogen) atoms. The monoisotopic (exact) mass is 257 g/mol. The second kappa shape index (κ2) is 5.38. The predicted molar refractivity (Wildman–Crippen MR) is 79.2 cm³/mol. The van der Waals surface area contributed by atoms with E-state index < -0.39 is 0 Å². The number of rotatable bonds is 6. The van der Waals surface area contributed by atoms with E-state index in [4.69, 9.17) is 4.42 Å². The van der Waals surface area contributed by atoms with Crippen LogP contribution in [0.3, 0.4) is 0 Å². The zero-order chi connectivity index (χ0) is 13.2. The lowest BCUT2D eigenvalue weighted by Gasteiger charge is -2.04. The Labute approximate surface area is 115 Å². The summed E-state index contributed by atoms with van der Waals surface area (Å²) in [5, 5.41) is 4.94. The van der Waals surface area contributed by atoms with Crippen LogP contribution in [0.15, 0.2) is 28.7 Å². The number of hydrogen-bond acceptors (Lipinski definition) is 2. The van der Waals surface area contributed by atoms with Crippen LogP contribution < -0.4 is 5.32 Å². The van der Waals surface area contributed by atoms with E-state index in [1.807, 2.05) is 0 Å². The molecule has 0 radical (unpaired) electrons. The standard InChI is InChI=1S/C17H23NO/c1-3-4-8-17-14(11-18-15-10-12(15)2)13-7-5-6-9-16(13)19-17/h5-7,9,12,15,18H,3-4,8,10-11H2,1-2H3. The molecular weight excluding hydrogens is 234 g/mol. The molecule has 0 bridgehead atoms. The number of benzene rings is 1. The number of unbranched alkanes of at least 4 members (excludes halogenated alkanes) is 1. The normalized spacial score (nSPS) is 22.0. The zero-order valence-corrected chi connectivity index (χ0v) is 11.9. The van der Waals surface area contributed by atoms with E-state index in [0.29, 0.717) is 6.04 Å². The fourth-order valence-corrected chi connectivity index (χ4v) is 2.72. The first-order valence-corrected chi connectivity index (χ1v) is 7.52. The Balaban J connectivity index is 1.84. The molecule has 0 saturated heterocycles. The van der Waals surface area contributed by atoms with Crippen LogP contribution in [0.25, 0.3) is 11.0 Å². The van der Waals surface area contributed by atoms with Crippen LogP contribution in [-0.2, 0) is 13.0 Å². The molecule has 2 nitrogen and oxygen atoms in total. The smallest absolute Gasteiger partial charge is 0.134 e. The molecule has 102 valence electrons. The summed E-state index contributed by atoms with van der Waals surface area (Å²) in [5.41, 5.74) is 2.41. The number of furan rings is 1. The van der Waals surface area contributed by atoms with Crippen LogP contribution in [-0.4, -0.2) is 6.04 Å². The minimum absolute atomic E-state index is 0.715. The molecule has 0 aliphatic heterocycles. The molecule has 2 atom stereocenters. The summed E-state index contributed by atoms with van der Waals surface area (Å²) in [6.07, 6.45) is 4.79. The Hall–Kier alpha value is -1.28. The Morgan fingerprint density at radius 3 is 2.84 bits per heavy atom. The molecule has 1 heterocycles. The lowest BCUT2D eigenvalue weighted by Crippen LogP contribution is -2.17. The van der Waals surface area contributed by atoms with Crippen molar-refractivity contribution in [2.45, 2.75) is 52.1 Å². The van der Waals surface area contributed by atoms with Gasteiger partial charge in [0.15, 0.2) is 0 Å². The fraction of sp³-hybridized carbons (Fsp3) is 0.529. The van der Waals surface area contributed by atoms with Crippen molar-refractivity contribution in [3.63, 3.8) is 0 Å². The Kier molecular flexibility index (Phi) is 3.61. The summed E-state index contributed by atoms with van der Waals surface area (Å²) < 4.78 is 6.04. The van der Waals surface area contributed by atoms with Crippen molar-refractivity contribution < 1.29 is 4.42 Å². The van der Waals surface area contributed by atoms with Gasteiger partial charge in [0.1, 0.15) is 11.3 Å². The van der Waals surface area contributed by atoms with E-state index in [0.717, 1.165) is 24.5 Å². The first kappa shape index (κ1) is 12.7. The van der Waals surface area contributed by atoms with Gasteiger partial charge in [-0.05, 0) is 24.8 Å². The fourth-order valence-electron chi connectivity index (χ4n) is 2.72. The predicted octanol–water partition coefficient (Wildman–Crippen LogP) is 4.27. The van der Waals surface area contributed by atoms with E-state index in [1.54, 1.807) is 0 Å². The number of aryl methyl sites for hydroxylation is 1. The first-order valence-electron chi connectivity index (χ1n) is 7.52. The lowest BCUT2D eigenvalue weighted by atomic mass is 10.1. The highest BCUT2D eigenvalue weighted by molar-refractivity contribution is 5.82. The molecule has 3 rings (SSSR count). The zero-order valence-electron chi connectivity index (χ0n) is 11.9. The molecule has 1 aromatic carbocycles. The van der Waals surface area contributed by atoms with Gasteiger partial charge in [-0.15, -0.1) is 0 Å². The van der Waals surface area contributed by atoms with Crippen LogP contribution in [0.2, 0.25) is 0 Å². The quantitative estimate of drug-likeness (QED) is 0.836. The molecule has 1 aromatic heterocycles. The van der Waals surface area contributed by atoms with Crippen molar-refractivity contribution in [2.75, 3.05) is 0 Å². The van der Waals surface area contributed by atoms with E-state index in [-0.39, 0.29) is 0 Å². The van der Waals surface area contributed by atoms with Gasteiger partial charge in [-0.25, -0.2) is 0 Å². The molecule has 2 heteroatoms. The minimum atomic E-state index is 0.715. The highest BCUT2D eigenvalue weighted by Crippen LogP contribution is 2.31. The Morgan fingerprint density at radius 1 is 1.32 bits per heavy atom. The van der Waals surface area contributed by atoms with Crippen molar-refractivity contribution in [3.05, 3.63) is 35.6 Å². The third-order valence-electron chi connectivity index (χ3n) is 4.19. The molecule has 0 spiro atoms. The third-order valence-corrected chi connectivity index (χ3v) is 4.19. The molecule has 1 N–H and O–H groups in total. The summed E-state index contributed by atoms with van der Waals surface area (Å²) in [5.74, 6) is 2.03. The topological polar surface area (TPSA) is 25.2 Å². The molecule has 0 amide bonds. The Morgan fingerprint density at radius 2 is 2.11 bits per heavy atom. The van der Waals surface area contributed by atoms with Crippen molar-refractivity contribution in [2.24, 2.45) is 5.92 Å². The van der Waals surface area contributed by atoms with Crippen LogP contribution in [0.1, 0.15) is 44.4 Å². The largest absolute Gasteiger partial charge is 0.461 e. The summed E-state index contributed by atoms with van der Waals surface area (Å²) >= 11 is 0. The highest BCUT2D eigenvalue weighted by Gasteiger charge is 2.32. The van der Waals surface area contributed by atoms with Crippen molar-refractivity contribution in [1.82, 2.24) is 5.32 Å². The SMILES string of the molecule is CCCCc1oc2ccccc2c1CNC1CC1C. The molecule has 1 saturated carbocycles. The van der Waals surface area contributed by atoms with Crippen LogP contribution >= 0.6 is 0 Å². The summed E-state index contributed by atoms with van der Waals surface area (Å²) in [4.78, 5) is 0. The van der Waals surface area contributed by atoms with Gasteiger partial charge in [-0.1, -0.05) is 38.5 Å².